The molecule has 0 unspecified atom stereocenters. The number of amides is 4. The lowest BCUT2D eigenvalue weighted by Crippen LogP contribution is -2.54. The van der Waals surface area contributed by atoms with E-state index >= 15 is 0 Å². The number of halogens is 3. The highest BCUT2D eigenvalue weighted by atomic mass is 19.4. The number of carbonyl (C=O) groups is 4. The maximum absolute atomic E-state index is 14.4. The summed E-state index contributed by atoms with van der Waals surface area (Å²) in [5.41, 5.74) is -3.53. The molecule has 11 nitrogen and oxygen atoms in total. The number of nitrogens with one attached hydrogen (secondary N) is 2. The maximum Gasteiger partial charge on any atom is 0.417 e. The summed E-state index contributed by atoms with van der Waals surface area (Å²) < 4.78 is 59.2. The summed E-state index contributed by atoms with van der Waals surface area (Å²) >= 11 is 0. The van der Waals surface area contributed by atoms with E-state index in [4.69, 9.17) is 14.2 Å². The van der Waals surface area contributed by atoms with E-state index < -0.39 is 58.5 Å². The van der Waals surface area contributed by atoms with Crippen LogP contribution < -0.4 is 20.3 Å². The van der Waals surface area contributed by atoms with Crippen LogP contribution in [0.3, 0.4) is 0 Å². The summed E-state index contributed by atoms with van der Waals surface area (Å²) in [7, 11) is 0. The van der Waals surface area contributed by atoms with E-state index in [1.165, 1.54) is 23.6 Å². The van der Waals surface area contributed by atoms with Crippen LogP contribution in [0.15, 0.2) is 42.5 Å². The largest absolute Gasteiger partial charge is 0.476 e. The number of anilines is 1. The molecule has 252 valence electrons. The van der Waals surface area contributed by atoms with E-state index in [1.807, 2.05) is 6.07 Å². The van der Waals surface area contributed by atoms with Crippen LogP contribution in [0, 0.1) is 0 Å². The lowest BCUT2D eigenvalue weighted by Gasteiger charge is -2.39. The topological polar surface area (TPSA) is 127 Å². The fourth-order valence-electron chi connectivity index (χ4n) is 4.63. The number of rotatable bonds is 10. The Balaban J connectivity index is 1.86. The minimum Gasteiger partial charge on any atom is -0.476 e. The number of fused-ring (bicyclic) bond motifs is 1. The van der Waals surface area contributed by atoms with Crippen LogP contribution in [-0.4, -0.2) is 72.3 Å². The van der Waals surface area contributed by atoms with Gasteiger partial charge in [-0.15, -0.1) is 0 Å². The van der Waals surface area contributed by atoms with Crippen molar-refractivity contribution in [1.29, 1.82) is 0 Å². The van der Waals surface area contributed by atoms with Crippen molar-refractivity contribution in [2.45, 2.75) is 78.5 Å². The van der Waals surface area contributed by atoms with Crippen molar-refractivity contribution in [2.24, 2.45) is 0 Å². The Morgan fingerprint density at radius 1 is 1.00 bits per heavy atom. The molecule has 14 heteroatoms. The molecule has 0 fully saturated rings. The number of carbonyl (C=O) groups excluding carboxylic acids is 4. The molecule has 0 aromatic heterocycles. The summed E-state index contributed by atoms with van der Waals surface area (Å²) in [5, 5.41) is 5.04. The van der Waals surface area contributed by atoms with Crippen molar-refractivity contribution >= 4 is 29.7 Å². The van der Waals surface area contributed by atoms with Gasteiger partial charge in [-0.05, 0) is 66.2 Å². The first-order valence-electron chi connectivity index (χ1n) is 14.8. The Morgan fingerprint density at radius 3 is 2.22 bits per heavy atom. The van der Waals surface area contributed by atoms with Crippen molar-refractivity contribution < 1.29 is 46.6 Å². The molecule has 1 aliphatic rings. The average Bonchev–Trinajstić information content (AvgIpc) is 2.94. The van der Waals surface area contributed by atoms with Gasteiger partial charge in [0, 0.05) is 32.2 Å². The van der Waals surface area contributed by atoms with Gasteiger partial charge in [0.15, 0.2) is 5.60 Å². The van der Waals surface area contributed by atoms with Crippen molar-refractivity contribution in [3.05, 3.63) is 59.2 Å². The van der Waals surface area contributed by atoms with Crippen LogP contribution in [0.5, 0.6) is 5.75 Å². The highest BCUT2D eigenvalue weighted by Crippen LogP contribution is 2.44. The second kappa shape index (κ2) is 14.3. The number of ether oxygens (including phenoxy) is 3. The number of nitrogens with zero attached hydrogens (tertiary/aromatic N) is 2. The third-order valence-electron chi connectivity index (χ3n) is 6.77. The van der Waals surface area contributed by atoms with Crippen molar-refractivity contribution in [3.63, 3.8) is 0 Å². The molecule has 0 atom stereocenters. The molecule has 0 aliphatic carbocycles. The molecule has 4 amide bonds. The summed E-state index contributed by atoms with van der Waals surface area (Å²) in [4.78, 5) is 53.8. The number of hydrogen-bond acceptors (Lipinski definition) is 7. The second-order valence-electron chi connectivity index (χ2n) is 12.4. The SMILES string of the molecule is CC(C)N(CCNC(=O)OC(C)(C)C)C(=O)c1cc2c(cc1C(F)(F)F)OC(C)(C)C(=O)N2CCNC(=O)OCc1ccccc1. The van der Waals surface area contributed by atoms with Crippen molar-refractivity contribution in [2.75, 3.05) is 31.1 Å². The van der Waals surface area contributed by atoms with Crippen molar-refractivity contribution in [1.82, 2.24) is 15.5 Å². The minimum atomic E-state index is -4.94. The van der Waals surface area contributed by atoms with Crippen LogP contribution in [-0.2, 0) is 27.1 Å². The van der Waals surface area contributed by atoms with Gasteiger partial charge in [-0.2, -0.15) is 13.2 Å². The zero-order valence-corrected chi connectivity index (χ0v) is 27.0. The fraction of sp³-hybridized carbons (Fsp3) is 0.500. The molecule has 2 aromatic rings. The summed E-state index contributed by atoms with van der Waals surface area (Å²) in [5.74, 6) is -1.79. The molecule has 3 rings (SSSR count). The zero-order valence-electron chi connectivity index (χ0n) is 27.0. The van der Waals surface area contributed by atoms with Gasteiger partial charge < -0.3 is 34.6 Å². The lowest BCUT2D eigenvalue weighted by atomic mass is 9.98. The lowest BCUT2D eigenvalue weighted by molar-refractivity contribution is -0.138. The van der Waals surface area contributed by atoms with Gasteiger partial charge >= 0.3 is 18.4 Å². The quantitative estimate of drug-likeness (QED) is 0.347. The Morgan fingerprint density at radius 2 is 1.63 bits per heavy atom. The number of hydrogen-bond donors (Lipinski definition) is 2. The van der Waals surface area contributed by atoms with Gasteiger partial charge in [0.25, 0.3) is 11.8 Å². The third-order valence-corrected chi connectivity index (χ3v) is 6.77. The summed E-state index contributed by atoms with van der Waals surface area (Å²) in [6.07, 6.45) is -6.43. The van der Waals surface area contributed by atoms with Crippen LogP contribution >= 0.6 is 0 Å². The highest BCUT2D eigenvalue weighted by Gasteiger charge is 2.44. The van der Waals surface area contributed by atoms with Gasteiger partial charge in [-0.1, -0.05) is 30.3 Å². The van der Waals surface area contributed by atoms with Gasteiger partial charge in [0.05, 0.1) is 16.8 Å². The number of alkyl carbamates (subject to hydrolysis) is 2. The van der Waals surface area contributed by atoms with E-state index in [1.54, 1.807) is 58.9 Å². The van der Waals surface area contributed by atoms with Gasteiger partial charge in [0.1, 0.15) is 18.0 Å². The number of alkyl halides is 3. The van der Waals surface area contributed by atoms with Crippen LogP contribution in [0.25, 0.3) is 0 Å². The molecule has 0 bridgehead atoms. The van der Waals surface area contributed by atoms with Gasteiger partial charge in [-0.25, -0.2) is 9.59 Å². The van der Waals surface area contributed by atoms with E-state index in [0.717, 1.165) is 11.6 Å². The molecule has 1 aliphatic heterocycles. The zero-order chi connectivity index (χ0) is 34.4. The van der Waals surface area contributed by atoms with Crippen LogP contribution in [0.4, 0.5) is 28.4 Å². The Bertz CT molecular complexity index is 1420. The predicted octanol–water partition coefficient (Wildman–Crippen LogP) is 5.51. The van der Waals surface area contributed by atoms with Crippen molar-refractivity contribution in [3.8, 4) is 5.75 Å². The smallest absolute Gasteiger partial charge is 0.417 e. The Labute approximate surface area is 266 Å². The van der Waals surface area contributed by atoms with E-state index in [2.05, 4.69) is 10.6 Å². The monoisotopic (exact) mass is 650 g/mol. The first-order chi connectivity index (χ1) is 21.3. The van der Waals surface area contributed by atoms with E-state index in [0.29, 0.717) is 6.07 Å². The third kappa shape index (κ3) is 9.51. The molecule has 0 saturated carbocycles. The first kappa shape index (κ1) is 36.0. The number of benzene rings is 2. The van der Waals surface area contributed by atoms with Gasteiger partial charge in [-0.3, -0.25) is 9.59 Å². The molecule has 2 aromatic carbocycles. The molecule has 1 heterocycles. The average molecular weight is 651 g/mol. The Hall–Kier alpha value is -4.49. The van der Waals surface area contributed by atoms with E-state index in [9.17, 15) is 32.3 Å². The summed E-state index contributed by atoms with van der Waals surface area (Å²) in [6.45, 7) is 10.7. The second-order valence-corrected chi connectivity index (χ2v) is 12.4. The molecular weight excluding hydrogens is 609 g/mol. The van der Waals surface area contributed by atoms with E-state index in [-0.39, 0.29) is 44.2 Å². The molecular formula is C32H41F3N4O7. The molecule has 0 spiro atoms. The molecule has 0 saturated heterocycles. The fourth-order valence-corrected chi connectivity index (χ4v) is 4.63. The standard InChI is InChI=1S/C32H41F3N4O7/c1-20(2)38(15-13-37-29(43)46-30(3,4)5)26(40)22-17-24-25(18-23(22)32(33,34)35)45-31(6,7)27(41)39(24)16-14-36-28(42)44-19-21-11-9-8-10-12-21/h8-12,17-18,20H,13-16,19H2,1-7H3,(H,36,42)(H,37,43). The molecule has 46 heavy (non-hydrogen) atoms. The highest BCUT2D eigenvalue weighted by molar-refractivity contribution is 6.05. The first-order valence-corrected chi connectivity index (χ1v) is 14.8. The Kier molecular flexibility index (Phi) is 11.2. The maximum atomic E-state index is 14.4. The van der Waals surface area contributed by atoms with Crippen LogP contribution in [0.1, 0.15) is 70.0 Å². The predicted molar refractivity (Wildman–Crippen MR) is 164 cm³/mol. The van der Waals surface area contributed by atoms with Gasteiger partial charge in [0.2, 0.25) is 0 Å². The molecule has 0 radical (unpaired) electrons. The minimum absolute atomic E-state index is 0.0182. The summed E-state index contributed by atoms with van der Waals surface area (Å²) in [6, 6.07) is 10.1. The molecule has 2 N–H and O–H groups in total. The van der Waals surface area contributed by atoms with Crippen LogP contribution in [0.2, 0.25) is 0 Å². The normalized spacial score (nSPS) is 14.2.